The van der Waals surface area contributed by atoms with Crippen LogP contribution in [0.3, 0.4) is 0 Å². The molecule has 0 aromatic heterocycles. The molecular weight excluding hydrogens is 163 g/mol. The van der Waals surface area contributed by atoms with Gasteiger partial charge < -0.3 is 4.74 Å². The normalized spacial score (nSPS) is 13.4. The minimum atomic E-state index is 0.341. The molecule has 0 heterocycles. The summed E-state index contributed by atoms with van der Waals surface area (Å²) in [6.45, 7) is 4.70. The fourth-order valence-corrected chi connectivity index (χ4v) is 0.693. The summed E-state index contributed by atoms with van der Waals surface area (Å²) in [5, 5.41) is 0. The molecule has 0 saturated carbocycles. The smallest absolute Gasteiger partial charge is 0.293 e. The van der Waals surface area contributed by atoms with E-state index in [9.17, 15) is 4.79 Å². The van der Waals surface area contributed by atoms with Gasteiger partial charge in [-0.25, -0.2) is 0 Å². The quantitative estimate of drug-likeness (QED) is 0.359. The van der Waals surface area contributed by atoms with Gasteiger partial charge in [-0.3, -0.25) is 4.79 Å². The summed E-state index contributed by atoms with van der Waals surface area (Å²) in [6, 6.07) is 0. The second-order valence-electron chi connectivity index (χ2n) is 2.64. The SMILES string of the molecule is BC(/C=C\C(=C/C)COC=O)=C/C. The average Bonchev–Trinajstić information content (AvgIpc) is 2.17. The van der Waals surface area contributed by atoms with Gasteiger partial charge in [0, 0.05) is 0 Å². The summed E-state index contributed by atoms with van der Waals surface area (Å²) >= 11 is 0. The van der Waals surface area contributed by atoms with E-state index in [1.54, 1.807) is 0 Å². The Labute approximate surface area is 80.4 Å². The Morgan fingerprint density at radius 2 is 2.00 bits per heavy atom. The van der Waals surface area contributed by atoms with Crippen molar-refractivity contribution in [3.63, 3.8) is 0 Å². The number of hydrogen-bond donors (Lipinski definition) is 0. The zero-order chi connectivity index (χ0) is 10.1. The van der Waals surface area contributed by atoms with Gasteiger partial charge in [0.15, 0.2) is 0 Å². The highest BCUT2D eigenvalue weighted by Crippen LogP contribution is 1.99. The zero-order valence-corrected chi connectivity index (χ0v) is 8.41. The minimum absolute atomic E-state index is 0.341. The maximum Gasteiger partial charge on any atom is 0.293 e. The predicted octanol–water partition coefficient (Wildman–Crippen LogP) is 1.20. The highest BCUT2D eigenvalue weighted by Gasteiger charge is 1.89. The van der Waals surface area contributed by atoms with Crippen molar-refractivity contribution in [3.05, 3.63) is 35.3 Å². The van der Waals surface area contributed by atoms with Crippen LogP contribution in [0.5, 0.6) is 0 Å². The first-order chi connectivity index (χ1) is 6.24. The van der Waals surface area contributed by atoms with Crippen molar-refractivity contribution in [1.29, 1.82) is 0 Å². The van der Waals surface area contributed by atoms with Crippen LogP contribution in [0.4, 0.5) is 0 Å². The van der Waals surface area contributed by atoms with E-state index in [1.165, 1.54) is 5.47 Å². The summed E-state index contributed by atoms with van der Waals surface area (Å²) in [7, 11) is 2.02. The summed E-state index contributed by atoms with van der Waals surface area (Å²) in [6.07, 6.45) is 7.87. The van der Waals surface area contributed by atoms with E-state index in [2.05, 4.69) is 4.74 Å². The molecule has 0 N–H and O–H groups in total. The Hall–Kier alpha value is -1.25. The lowest BCUT2D eigenvalue weighted by Gasteiger charge is -1.98. The van der Waals surface area contributed by atoms with Crippen molar-refractivity contribution < 1.29 is 9.53 Å². The molecule has 0 bridgehead atoms. The molecule has 0 fully saturated rings. The predicted molar refractivity (Wildman–Crippen MR) is 57.2 cm³/mol. The molecule has 0 aliphatic heterocycles. The number of ether oxygens (including phenoxy) is 1. The fourth-order valence-electron chi connectivity index (χ4n) is 0.693. The number of allylic oxidation sites excluding steroid dienone is 4. The second kappa shape index (κ2) is 7.41. The minimum Gasteiger partial charge on any atom is -0.463 e. The number of hydrogen-bond acceptors (Lipinski definition) is 2. The van der Waals surface area contributed by atoms with Gasteiger partial charge in [-0.1, -0.05) is 29.8 Å². The molecule has 0 amide bonds. The van der Waals surface area contributed by atoms with Gasteiger partial charge in [-0.05, 0) is 19.4 Å². The van der Waals surface area contributed by atoms with E-state index in [0.29, 0.717) is 13.1 Å². The number of carbonyl (C=O) groups excluding carboxylic acids is 1. The first kappa shape index (κ1) is 11.8. The number of carbonyl (C=O) groups is 1. The average molecular weight is 178 g/mol. The topological polar surface area (TPSA) is 26.3 Å². The second-order valence-corrected chi connectivity index (χ2v) is 2.64. The van der Waals surface area contributed by atoms with Gasteiger partial charge >= 0.3 is 0 Å². The molecule has 0 saturated heterocycles. The maximum absolute atomic E-state index is 9.93. The molecule has 0 unspecified atom stereocenters. The highest BCUT2D eigenvalue weighted by molar-refractivity contribution is 6.23. The van der Waals surface area contributed by atoms with E-state index >= 15 is 0 Å². The lowest BCUT2D eigenvalue weighted by atomic mass is 9.94. The van der Waals surface area contributed by atoms with Crippen molar-refractivity contribution in [2.75, 3.05) is 6.61 Å². The van der Waals surface area contributed by atoms with E-state index in [4.69, 9.17) is 0 Å². The van der Waals surface area contributed by atoms with Gasteiger partial charge in [-0.15, -0.1) is 0 Å². The molecule has 2 nitrogen and oxygen atoms in total. The van der Waals surface area contributed by atoms with E-state index in [0.717, 1.165) is 5.57 Å². The molecule has 0 aromatic carbocycles. The first-order valence-corrected chi connectivity index (χ1v) is 4.26. The Kier molecular flexibility index (Phi) is 6.70. The zero-order valence-electron chi connectivity index (χ0n) is 8.41. The van der Waals surface area contributed by atoms with Crippen LogP contribution in [0.1, 0.15) is 13.8 Å². The van der Waals surface area contributed by atoms with Crippen LogP contribution in [0.2, 0.25) is 0 Å². The fraction of sp³-hybridized carbons (Fsp3) is 0.300. The van der Waals surface area contributed by atoms with Crippen molar-refractivity contribution in [1.82, 2.24) is 0 Å². The van der Waals surface area contributed by atoms with Gasteiger partial charge in [-0.2, -0.15) is 0 Å². The molecule has 0 aliphatic carbocycles. The molecule has 0 aromatic rings. The summed E-state index contributed by atoms with van der Waals surface area (Å²) in [4.78, 5) is 9.93. The lowest BCUT2D eigenvalue weighted by Crippen LogP contribution is -1.93. The van der Waals surface area contributed by atoms with Crippen LogP contribution >= 0.6 is 0 Å². The summed E-state index contributed by atoms with van der Waals surface area (Å²) in [5.41, 5.74) is 2.18. The van der Waals surface area contributed by atoms with Crippen LogP contribution in [0.25, 0.3) is 0 Å². The molecule has 0 atom stereocenters. The van der Waals surface area contributed by atoms with Crippen molar-refractivity contribution >= 4 is 14.3 Å². The summed E-state index contributed by atoms with van der Waals surface area (Å²) in [5.74, 6) is 0. The third-order valence-corrected chi connectivity index (χ3v) is 1.70. The largest absolute Gasteiger partial charge is 0.463 e. The number of rotatable bonds is 5. The van der Waals surface area contributed by atoms with Gasteiger partial charge in [0.2, 0.25) is 0 Å². The Bertz CT molecular complexity index is 239. The third-order valence-electron chi connectivity index (χ3n) is 1.70. The monoisotopic (exact) mass is 178 g/mol. The van der Waals surface area contributed by atoms with Crippen molar-refractivity contribution in [2.24, 2.45) is 0 Å². The summed E-state index contributed by atoms with van der Waals surface area (Å²) < 4.78 is 4.63. The third kappa shape index (κ3) is 5.97. The molecular formula is C10H15BO2. The van der Waals surface area contributed by atoms with Crippen molar-refractivity contribution in [3.8, 4) is 0 Å². The van der Waals surface area contributed by atoms with Gasteiger partial charge in [0.1, 0.15) is 14.5 Å². The molecule has 0 aliphatic rings. The van der Waals surface area contributed by atoms with E-state index < -0.39 is 0 Å². The standard InChI is InChI=1S/C10H15BO2/c1-3-9(7-13-8-12)5-6-10(11)4-2/h3-6,8H,7,11H2,1-2H3/b6-5-,9-3+,10-4+. The van der Waals surface area contributed by atoms with Crippen molar-refractivity contribution in [2.45, 2.75) is 13.8 Å². The van der Waals surface area contributed by atoms with Crippen LogP contribution in [0, 0.1) is 0 Å². The van der Waals surface area contributed by atoms with Crippen LogP contribution in [-0.4, -0.2) is 20.9 Å². The van der Waals surface area contributed by atoms with Crippen LogP contribution in [-0.2, 0) is 9.53 Å². The molecule has 0 radical (unpaired) electrons. The Morgan fingerprint density at radius 3 is 2.46 bits per heavy atom. The molecule has 70 valence electrons. The lowest BCUT2D eigenvalue weighted by molar-refractivity contribution is -0.127. The van der Waals surface area contributed by atoms with Crippen LogP contribution < -0.4 is 0 Å². The first-order valence-electron chi connectivity index (χ1n) is 4.26. The van der Waals surface area contributed by atoms with Crippen LogP contribution in [0.15, 0.2) is 35.3 Å². The Balaban J connectivity index is 4.13. The van der Waals surface area contributed by atoms with E-state index in [1.807, 2.05) is 46.0 Å². The van der Waals surface area contributed by atoms with Gasteiger partial charge in [0.25, 0.3) is 6.47 Å². The molecule has 0 spiro atoms. The molecule has 3 heteroatoms. The Morgan fingerprint density at radius 1 is 1.31 bits per heavy atom. The van der Waals surface area contributed by atoms with Gasteiger partial charge in [0.05, 0.1) is 0 Å². The molecule has 13 heavy (non-hydrogen) atoms. The maximum atomic E-state index is 9.93. The molecule has 0 rings (SSSR count). The highest BCUT2D eigenvalue weighted by atomic mass is 16.5. The van der Waals surface area contributed by atoms with E-state index in [-0.39, 0.29) is 0 Å².